The van der Waals surface area contributed by atoms with E-state index in [1.54, 1.807) is 0 Å². The molecule has 2 unspecified atom stereocenters. The van der Waals surface area contributed by atoms with E-state index in [2.05, 4.69) is 13.2 Å². The van der Waals surface area contributed by atoms with Crippen molar-refractivity contribution in [1.82, 2.24) is 10.1 Å². The van der Waals surface area contributed by atoms with Crippen LogP contribution in [0, 0.1) is 0 Å². The number of allylic oxidation sites excluding steroid dienone is 2. The highest BCUT2D eigenvalue weighted by molar-refractivity contribution is 7.99. The molecular formula is C48H76N2O18S2Si4. The van der Waals surface area contributed by atoms with Crippen LogP contribution in [0.4, 0.5) is 0 Å². The molecule has 0 saturated carbocycles. The second kappa shape index (κ2) is 31.8. The lowest BCUT2D eigenvalue weighted by atomic mass is 10.2. The first kappa shape index (κ1) is 65.9. The van der Waals surface area contributed by atoms with E-state index >= 15 is 0 Å². The van der Waals surface area contributed by atoms with E-state index in [1.165, 1.54) is 35.7 Å². The van der Waals surface area contributed by atoms with E-state index in [-0.39, 0.29) is 97.5 Å². The number of esters is 2. The van der Waals surface area contributed by atoms with Crippen molar-refractivity contribution in [2.45, 2.75) is 179 Å². The van der Waals surface area contributed by atoms with Gasteiger partial charge in [-0.15, -0.1) is 10.1 Å². The molecule has 0 aromatic heterocycles. The van der Waals surface area contributed by atoms with E-state index < -0.39 is 119 Å². The molecule has 2 heterocycles. The zero-order valence-corrected chi connectivity index (χ0v) is 50.0. The smallest absolute Gasteiger partial charge is 0.333 e. The minimum Gasteiger partial charge on any atom is -0.457 e. The summed E-state index contributed by atoms with van der Waals surface area (Å²) in [5.41, 5.74) is 0. The minimum absolute atomic E-state index is 0.00734. The Hall–Kier alpha value is -4.19. The van der Waals surface area contributed by atoms with Gasteiger partial charge in [-0.05, 0) is 88.7 Å². The number of amides is 4. The molecule has 2 fully saturated rings. The summed E-state index contributed by atoms with van der Waals surface area (Å²) < 4.78 is 24.8. The number of imide groups is 2. The van der Waals surface area contributed by atoms with E-state index in [4.69, 9.17) is 27.4 Å². The first-order valence-electron chi connectivity index (χ1n) is 24.9. The van der Waals surface area contributed by atoms with Gasteiger partial charge in [0.1, 0.15) is 23.8 Å². The highest BCUT2D eigenvalue weighted by atomic mass is 32.2. The van der Waals surface area contributed by atoms with E-state index in [0.717, 1.165) is 0 Å². The Bertz CT molecular complexity index is 1930. The van der Waals surface area contributed by atoms with Gasteiger partial charge in [0.15, 0.2) is 44.8 Å². The van der Waals surface area contributed by atoms with Crippen LogP contribution in [0.5, 0.6) is 0 Å². The number of ketones is 4. The van der Waals surface area contributed by atoms with Crippen molar-refractivity contribution in [2.75, 3.05) is 23.0 Å². The maximum atomic E-state index is 13.4. The van der Waals surface area contributed by atoms with Gasteiger partial charge in [-0.3, -0.25) is 47.9 Å². The van der Waals surface area contributed by atoms with Gasteiger partial charge >= 0.3 is 23.9 Å². The monoisotopic (exact) mass is 1140 g/mol. The molecule has 0 spiro atoms. The number of thioether (sulfide) groups is 2. The number of ether oxygens (including phenoxy) is 2. The summed E-state index contributed by atoms with van der Waals surface area (Å²) in [6.07, 6.45) is -1.04. The Balaban J connectivity index is 2.21. The predicted octanol–water partition coefficient (Wildman–Crippen LogP) is 6.89. The predicted molar refractivity (Wildman–Crippen MR) is 287 cm³/mol. The molecule has 0 aromatic rings. The summed E-state index contributed by atoms with van der Waals surface area (Å²) in [6, 6.07) is 2.40. The number of hydrogen-bond donors (Lipinski definition) is 0. The van der Waals surface area contributed by atoms with Crippen LogP contribution in [0.2, 0.25) is 76.6 Å². The molecule has 2 rings (SSSR count). The highest BCUT2D eigenvalue weighted by Crippen LogP contribution is 2.27. The summed E-state index contributed by atoms with van der Waals surface area (Å²) in [4.78, 5) is 160. The van der Waals surface area contributed by atoms with E-state index in [0.29, 0.717) is 47.1 Å². The molecule has 2 aliphatic rings. The Morgan fingerprint density at radius 2 is 0.743 bits per heavy atom. The molecule has 0 bridgehead atoms. The number of carbonyl (C=O) groups is 12. The Kier molecular flexibility index (Phi) is 28.3. The van der Waals surface area contributed by atoms with Gasteiger partial charge in [0.2, 0.25) is 0 Å². The number of nitrogens with zero attached hydrogens (tertiary/aromatic N) is 2. The van der Waals surface area contributed by atoms with Crippen LogP contribution < -0.4 is 0 Å². The molecule has 74 heavy (non-hydrogen) atoms. The second-order valence-corrected chi connectivity index (χ2v) is 40.5. The molecular weight excluding hydrogens is 1070 g/mol. The quantitative estimate of drug-likeness (QED) is 0.0199. The van der Waals surface area contributed by atoms with Crippen molar-refractivity contribution in [3.05, 3.63) is 25.3 Å². The average molecular weight is 1150 g/mol. The van der Waals surface area contributed by atoms with Crippen molar-refractivity contribution in [3.8, 4) is 0 Å². The molecule has 2 atom stereocenters. The lowest BCUT2D eigenvalue weighted by Gasteiger charge is -2.34. The fraction of sp³-hybridized carbons (Fsp3) is 0.667. The number of rotatable bonds is 39. The molecule has 0 aromatic carbocycles. The number of hydroxylamine groups is 4. The van der Waals surface area contributed by atoms with Crippen LogP contribution in [0.15, 0.2) is 25.3 Å². The van der Waals surface area contributed by atoms with Gasteiger partial charge in [-0.1, -0.05) is 13.2 Å². The van der Waals surface area contributed by atoms with Crippen LogP contribution in [0.3, 0.4) is 0 Å². The van der Waals surface area contributed by atoms with Gasteiger partial charge < -0.3 is 27.4 Å². The normalized spacial score (nSPS) is 15.1. The number of carbonyl (C=O) groups excluding carboxylic acids is 12. The van der Waals surface area contributed by atoms with Crippen molar-refractivity contribution in [3.63, 3.8) is 0 Å². The molecule has 0 aliphatic carbocycles. The molecule has 4 amide bonds. The third kappa shape index (κ3) is 27.0. The van der Waals surface area contributed by atoms with Crippen LogP contribution >= 0.6 is 23.5 Å². The maximum Gasteiger partial charge on any atom is 0.333 e. The Morgan fingerprint density at radius 1 is 0.459 bits per heavy atom. The first-order chi connectivity index (χ1) is 34.5. The van der Waals surface area contributed by atoms with Crippen LogP contribution in [0.25, 0.3) is 0 Å². The lowest BCUT2D eigenvalue weighted by molar-refractivity contribution is -0.198. The molecule has 26 heteroatoms. The first-order valence-corrected chi connectivity index (χ1v) is 39.6. The van der Waals surface area contributed by atoms with E-state index in [1.807, 2.05) is 52.4 Å². The van der Waals surface area contributed by atoms with Crippen LogP contribution in [-0.2, 0) is 84.9 Å². The average Bonchev–Trinajstić information content (AvgIpc) is 3.81. The summed E-state index contributed by atoms with van der Waals surface area (Å²) in [6.45, 7) is 23.4. The third-order valence-corrected chi connectivity index (χ3v) is 28.4. The second-order valence-electron chi connectivity index (χ2n) is 20.5. The maximum absolute atomic E-state index is 13.4. The Labute approximate surface area is 447 Å². The standard InChI is InChI=1S/C48H76N2O18S2Si4/c1-11-35(51)23-29-71(3,4)67-73(7,8)31-25-37(53)21-27-69-33-39(63-45(59)17-19-47(61)65-49-41(55)13-14-42(49)56)40(64-46(60)18-20-48(62)66-50-43(57)15-16-44(50)58)34-70-28-22-38(54)26-32-74(9,10)68-72(5,6)30-24-36(52)12-2/h11-12,39-40H,1-2,13-34H2,3-10H3. The molecule has 0 N–H and O–H groups in total. The topological polar surface area (TPSA) is 267 Å². The fourth-order valence-corrected chi connectivity index (χ4v) is 26.7. The Morgan fingerprint density at radius 3 is 1.04 bits per heavy atom. The fourth-order valence-electron chi connectivity index (χ4n) is 7.56. The minimum atomic E-state index is -2.29. The van der Waals surface area contributed by atoms with Crippen molar-refractivity contribution in [1.29, 1.82) is 0 Å². The van der Waals surface area contributed by atoms with Crippen LogP contribution in [-0.4, -0.2) is 149 Å². The zero-order valence-electron chi connectivity index (χ0n) is 44.3. The van der Waals surface area contributed by atoms with Gasteiger partial charge in [0.05, 0.1) is 25.7 Å². The lowest BCUT2D eigenvalue weighted by Crippen LogP contribution is -2.44. The molecule has 414 valence electrons. The summed E-state index contributed by atoms with van der Waals surface area (Å²) >= 11 is 2.48. The van der Waals surface area contributed by atoms with E-state index in [9.17, 15) is 57.5 Å². The summed E-state index contributed by atoms with van der Waals surface area (Å²) in [5.74, 6) is -6.35. The zero-order chi connectivity index (χ0) is 55.9. The summed E-state index contributed by atoms with van der Waals surface area (Å²) in [5, 5.41) is 0.706. The highest BCUT2D eigenvalue weighted by Gasteiger charge is 2.37. The van der Waals surface area contributed by atoms with Gasteiger partial charge in [0.25, 0.3) is 23.6 Å². The molecule has 20 nitrogen and oxygen atoms in total. The summed E-state index contributed by atoms with van der Waals surface area (Å²) in [7, 11) is -8.98. The molecule has 2 aliphatic heterocycles. The number of hydrogen-bond acceptors (Lipinski definition) is 20. The van der Waals surface area contributed by atoms with Crippen LogP contribution in [0.1, 0.15) is 89.9 Å². The third-order valence-electron chi connectivity index (χ3n) is 11.6. The van der Waals surface area contributed by atoms with Crippen molar-refractivity contribution in [2.24, 2.45) is 0 Å². The molecule has 0 radical (unpaired) electrons. The van der Waals surface area contributed by atoms with Gasteiger partial charge in [-0.25, -0.2) is 9.59 Å². The number of Topliss-reactive ketones (excluding diaryl/α,β-unsaturated/α-hetero) is 2. The molecule has 2 saturated heterocycles. The SMILES string of the molecule is C=CC(=O)CC[Si](C)(C)O[Si](C)(C)CCC(=O)CCSCC(OC(=O)CCC(=O)ON1C(=O)CCC1=O)C(CSCCC(=O)CC[Si](C)(C)O[Si](C)(C)CCC(=O)C=C)OC(=O)CCC(=O)ON1C(=O)CCC1=O. The largest absolute Gasteiger partial charge is 0.457 e. The van der Waals surface area contributed by atoms with Gasteiger partial charge in [-0.2, -0.15) is 23.5 Å². The van der Waals surface area contributed by atoms with Gasteiger partial charge in [0, 0.05) is 87.2 Å². The van der Waals surface area contributed by atoms with Crippen molar-refractivity contribution >= 4 is 127 Å². The van der Waals surface area contributed by atoms with Crippen molar-refractivity contribution < 1.29 is 84.9 Å².